The summed E-state index contributed by atoms with van der Waals surface area (Å²) in [5.74, 6) is 0.0452. The molecule has 9 heteroatoms. The molecule has 0 radical (unpaired) electrons. The lowest BCUT2D eigenvalue weighted by molar-refractivity contribution is -0.135. The highest BCUT2D eigenvalue weighted by atomic mass is 16.2. The summed E-state index contributed by atoms with van der Waals surface area (Å²) in [6, 6.07) is 14.6. The van der Waals surface area contributed by atoms with Crippen molar-refractivity contribution in [3.8, 4) is 0 Å². The van der Waals surface area contributed by atoms with Gasteiger partial charge in [-0.2, -0.15) is 0 Å². The molecular weight excluding hydrogens is 480 g/mol. The number of benzene rings is 2. The first-order valence-electron chi connectivity index (χ1n) is 13.2. The van der Waals surface area contributed by atoms with Crippen LogP contribution in [0.3, 0.4) is 0 Å². The maximum absolute atomic E-state index is 13.7. The van der Waals surface area contributed by atoms with E-state index in [-0.39, 0.29) is 35.7 Å². The minimum Gasteiger partial charge on any atom is -0.351 e. The van der Waals surface area contributed by atoms with Gasteiger partial charge in [-0.3, -0.25) is 14.4 Å². The highest BCUT2D eigenvalue weighted by Gasteiger charge is 2.48. The van der Waals surface area contributed by atoms with E-state index < -0.39 is 6.04 Å². The zero-order valence-corrected chi connectivity index (χ0v) is 21.8. The second-order valence-electron chi connectivity index (χ2n) is 11.0. The molecule has 4 aromatic rings. The van der Waals surface area contributed by atoms with Crippen molar-refractivity contribution in [2.45, 2.75) is 51.7 Å². The van der Waals surface area contributed by atoms with E-state index in [4.69, 9.17) is 0 Å². The number of hydrogen-bond donors (Lipinski definition) is 3. The van der Waals surface area contributed by atoms with Gasteiger partial charge in [-0.05, 0) is 56.0 Å². The van der Waals surface area contributed by atoms with Crippen LogP contribution in [0.1, 0.15) is 53.4 Å². The van der Waals surface area contributed by atoms with Crippen molar-refractivity contribution in [3.05, 3.63) is 65.6 Å². The number of H-pyrrole nitrogens is 2. The second-order valence-corrected chi connectivity index (χ2v) is 11.0. The van der Waals surface area contributed by atoms with E-state index in [0.717, 1.165) is 33.9 Å². The smallest absolute Gasteiger partial charge is 0.290 e. The van der Waals surface area contributed by atoms with Crippen LogP contribution in [0.5, 0.6) is 0 Å². The van der Waals surface area contributed by atoms with Crippen molar-refractivity contribution in [3.63, 3.8) is 0 Å². The summed E-state index contributed by atoms with van der Waals surface area (Å²) in [7, 11) is 0. The number of hydrogen-bond acceptors (Lipinski definition) is 4. The predicted molar refractivity (Wildman–Crippen MR) is 145 cm³/mol. The van der Waals surface area contributed by atoms with Gasteiger partial charge in [-0.25, -0.2) is 4.98 Å². The average molecular weight is 513 g/mol. The summed E-state index contributed by atoms with van der Waals surface area (Å²) in [6.45, 7) is 7.03. The first-order valence-corrected chi connectivity index (χ1v) is 13.2. The van der Waals surface area contributed by atoms with E-state index in [2.05, 4.69) is 20.3 Å². The van der Waals surface area contributed by atoms with E-state index in [1.54, 1.807) is 0 Å². The summed E-state index contributed by atoms with van der Waals surface area (Å²) in [4.78, 5) is 54.5. The zero-order chi connectivity index (χ0) is 26.6. The molecule has 2 aliphatic heterocycles. The number of para-hydroxylation sites is 2. The number of aromatic nitrogens is 3. The number of aromatic amines is 2. The van der Waals surface area contributed by atoms with Gasteiger partial charge in [0.15, 0.2) is 5.82 Å². The summed E-state index contributed by atoms with van der Waals surface area (Å²) in [5.41, 5.74) is 4.04. The van der Waals surface area contributed by atoms with Crippen LogP contribution in [0.15, 0.2) is 48.5 Å². The first-order chi connectivity index (χ1) is 18.3. The Morgan fingerprint density at radius 1 is 1.00 bits per heavy atom. The van der Waals surface area contributed by atoms with Crippen molar-refractivity contribution in [2.24, 2.45) is 5.92 Å². The van der Waals surface area contributed by atoms with Crippen LogP contribution in [0.25, 0.3) is 21.9 Å². The molecule has 4 heterocycles. The third-order valence-electron chi connectivity index (χ3n) is 7.71. The van der Waals surface area contributed by atoms with Gasteiger partial charge in [0, 0.05) is 24.0 Å². The molecule has 2 bridgehead atoms. The molecule has 196 valence electrons. The number of carbonyl (C=O) groups is 3. The highest BCUT2D eigenvalue weighted by Crippen LogP contribution is 2.33. The van der Waals surface area contributed by atoms with Crippen LogP contribution in [0.4, 0.5) is 0 Å². The van der Waals surface area contributed by atoms with Gasteiger partial charge in [-0.15, -0.1) is 0 Å². The third kappa shape index (κ3) is 4.31. The molecule has 38 heavy (non-hydrogen) atoms. The topological polar surface area (TPSA) is 114 Å². The summed E-state index contributed by atoms with van der Waals surface area (Å²) >= 11 is 0. The SMILES string of the molecule is Cc1ccc2[nH]c(C(=O)NC(CC(C)C)C(=O)N3C[C@@H]4C[C@H]3CN4C(=O)c3nc4ccccc4[nH]3)cc2c1. The number of imidazole rings is 1. The van der Waals surface area contributed by atoms with E-state index in [0.29, 0.717) is 31.0 Å². The molecule has 3 N–H and O–H groups in total. The molecule has 1 unspecified atom stereocenters. The number of nitrogens with one attached hydrogen (secondary N) is 3. The number of carbonyl (C=O) groups excluding carboxylic acids is 3. The average Bonchev–Trinajstić information content (AvgIpc) is 3.68. The molecule has 2 aromatic heterocycles. The van der Waals surface area contributed by atoms with Crippen LogP contribution in [0, 0.1) is 12.8 Å². The molecule has 0 saturated carbocycles. The fourth-order valence-corrected chi connectivity index (χ4v) is 5.88. The molecular formula is C29H32N6O3. The maximum Gasteiger partial charge on any atom is 0.290 e. The van der Waals surface area contributed by atoms with Crippen LogP contribution < -0.4 is 5.32 Å². The summed E-state index contributed by atoms with van der Waals surface area (Å²) in [5, 5.41) is 3.96. The Labute approximate surface area is 220 Å². The number of aryl methyl sites for hydroxylation is 1. The van der Waals surface area contributed by atoms with Gasteiger partial charge in [-0.1, -0.05) is 37.6 Å². The zero-order valence-electron chi connectivity index (χ0n) is 21.8. The Balaban J connectivity index is 1.15. The second kappa shape index (κ2) is 9.31. The molecule has 0 aliphatic carbocycles. The van der Waals surface area contributed by atoms with Gasteiger partial charge in [0.25, 0.3) is 11.8 Å². The molecule has 6 rings (SSSR count). The van der Waals surface area contributed by atoms with E-state index in [1.807, 2.05) is 79.1 Å². The molecule has 9 nitrogen and oxygen atoms in total. The van der Waals surface area contributed by atoms with Gasteiger partial charge in [0.1, 0.15) is 11.7 Å². The van der Waals surface area contributed by atoms with Gasteiger partial charge in [0.2, 0.25) is 5.91 Å². The van der Waals surface area contributed by atoms with Gasteiger partial charge in [0.05, 0.1) is 23.1 Å². The van der Waals surface area contributed by atoms with Crippen LogP contribution in [-0.2, 0) is 4.79 Å². The van der Waals surface area contributed by atoms with Crippen molar-refractivity contribution < 1.29 is 14.4 Å². The Morgan fingerprint density at radius 3 is 2.50 bits per heavy atom. The maximum atomic E-state index is 13.7. The summed E-state index contributed by atoms with van der Waals surface area (Å²) in [6.07, 6.45) is 1.28. The van der Waals surface area contributed by atoms with Crippen LogP contribution in [-0.4, -0.2) is 73.7 Å². The minimum atomic E-state index is -0.630. The fourth-order valence-electron chi connectivity index (χ4n) is 5.88. The Kier molecular flexibility index (Phi) is 5.93. The third-order valence-corrected chi connectivity index (χ3v) is 7.71. The lowest BCUT2D eigenvalue weighted by atomic mass is 10.0. The largest absolute Gasteiger partial charge is 0.351 e. The number of piperazine rings is 1. The van der Waals surface area contributed by atoms with E-state index in [9.17, 15) is 14.4 Å². The normalized spacial score (nSPS) is 19.6. The monoisotopic (exact) mass is 512 g/mol. The van der Waals surface area contributed by atoms with Crippen LogP contribution >= 0.6 is 0 Å². The number of amides is 3. The van der Waals surface area contributed by atoms with Crippen molar-refractivity contribution in [2.75, 3.05) is 13.1 Å². The molecule has 2 aromatic carbocycles. The molecule has 0 spiro atoms. The number of likely N-dealkylation sites (tertiary alicyclic amines) is 2. The number of rotatable bonds is 6. The van der Waals surface area contributed by atoms with Gasteiger partial charge < -0.3 is 25.1 Å². The fraction of sp³-hybridized carbons (Fsp3) is 0.379. The van der Waals surface area contributed by atoms with Crippen LogP contribution in [0.2, 0.25) is 0 Å². The minimum absolute atomic E-state index is 0.0583. The van der Waals surface area contributed by atoms with Crippen molar-refractivity contribution >= 4 is 39.7 Å². The highest BCUT2D eigenvalue weighted by molar-refractivity contribution is 6.00. The molecule has 3 atom stereocenters. The van der Waals surface area contributed by atoms with Crippen molar-refractivity contribution in [1.82, 2.24) is 30.1 Å². The molecule has 2 fully saturated rings. The number of fused-ring (bicyclic) bond motifs is 4. The lowest BCUT2D eigenvalue weighted by Gasteiger charge is -2.36. The van der Waals surface area contributed by atoms with Crippen molar-refractivity contribution in [1.29, 1.82) is 0 Å². The standard InChI is InChI=1S/C29H32N6O3/c1-16(2)10-25(33-27(36)24-12-18-11-17(3)8-9-21(18)30-24)28(37)34-14-20-13-19(34)15-35(20)29(38)26-31-22-6-4-5-7-23(22)32-26/h4-9,11-12,16,19-20,25,30H,10,13-15H2,1-3H3,(H,31,32)(H,33,36)/t19-,20-,25?/m0/s1. The molecule has 3 amide bonds. The van der Waals surface area contributed by atoms with E-state index >= 15 is 0 Å². The predicted octanol–water partition coefficient (Wildman–Crippen LogP) is 3.62. The van der Waals surface area contributed by atoms with E-state index in [1.165, 1.54) is 0 Å². The Hall–Kier alpha value is -4.14. The molecule has 2 saturated heterocycles. The number of nitrogens with zero attached hydrogens (tertiary/aromatic N) is 3. The first kappa shape index (κ1) is 24.2. The quantitative estimate of drug-likeness (QED) is 0.366. The Morgan fingerprint density at radius 2 is 1.76 bits per heavy atom. The summed E-state index contributed by atoms with van der Waals surface area (Å²) < 4.78 is 0. The Bertz CT molecular complexity index is 1520. The molecule has 2 aliphatic rings. The lowest BCUT2D eigenvalue weighted by Crippen LogP contribution is -2.56. The van der Waals surface area contributed by atoms with Gasteiger partial charge >= 0.3 is 0 Å².